The van der Waals surface area contributed by atoms with Crippen LogP contribution in [-0.2, 0) is 4.74 Å². The van der Waals surface area contributed by atoms with Gasteiger partial charge in [0.05, 0.1) is 0 Å². The van der Waals surface area contributed by atoms with Gasteiger partial charge < -0.3 is 9.64 Å². The summed E-state index contributed by atoms with van der Waals surface area (Å²) in [5.41, 5.74) is -0.367. The van der Waals surface area contributed by atoms with Gasteiger partial charge in [-0.2, -0.15) is 0 Å². The molecular weight excluding hydrogens is 238 g/mol. The van der Waals surface area contributed by atoms with Crippen molar-refractivity contribution in [3.63, 3.8) is 0 Å². The first kappa shape index (κ1) is 15.5. The molecule has 19 heavy (non-hydrogen) atoms. The summed E-state index contributed by atoms with van der Waals surface area (Å²) in [7, 11) is 0. The Morgan fingerprint density at radius 3 is 1.68 bits per heavy atom. The van der Waals surface area contributed by atoms with Gasteiger partial charge in [-0.15, -0.1) is 0 Å². The first-order valence-corrected chi connectivity index (χ1v) is 6.97. The Kier molecular flexibility index (Phi) is 6.40. The van der Waals surface area contributed by atoms with Gasteiger partial charge in [0.15, 0.2) is 0 Å². The summed E-state index contributed by atoms with van der Waals surface area (Å²) in [6, 6.07) is 12.0. The lowest BCUT2D eigenvalue weighted by atomic mass is 10.1. The molecule has 1 aliphatic rings. The highest BCUT2D eigenvalue weighted by Gasteiger charge is 2.22. The largest absolute Gasteiger partial charge is 0.444 e. The van der Waals surface area contributed by atoms with Crippen LogP contribution in [0.2, 0.25) is 0 Å². The second kappa shape index (κ2) is 7.82. The van der Waals surface area contributed by atoms with E-state index in [-0.39, 0.29) is 11.7 Å². The molecule has 0 unspecified atom stereocenters. The van der Waals surface area contributed by atoms with Crippen LogP contribution in [0.3, 0.4) is 0 Å². The molecule has 0 saturated carbocycles. The zero-order valence-corrected chi connectivity index (χ0v) is 12.3. The van der Waals surface area contributed by atoms with Crippen LogP contribution < -0.4 is 0 Å². The Morgan fingerprint density at radius 1 is 0.895 bits per heavy atom. The minimum absolute atomic E-state index is 0.160. The molecule has 1 heterocycles. The monoisotopic (exact) mass is 263 g/mol. The first-order valence-electron chi connectivity index (χ1n) is 6.97. The van der Waals surface area contributed by atoms with Crippen molar-refractivity contribution in [2.75, 3.05) is 13.1 Å². The van der Waals surface area contributed by atoms with Gasteiger partial charge in [-0.25, -0.2) is 4.79 Å². The molecule has 1 saturated heterocycles. The summed E-state index contributed by atoms with van der Waals surface area (Å²) >= 11 is 0. The van der Waals surface area contributed by atoms with Crippen LogP contribution in [0.1, 0.15) is 40.0 Å². The smallest absolute Gasteiger partial charge is 0.410 e. The Labute approximate surface area is 116 Å². The van der Waals surface area contributed by atoms with Crippen molar-refractivity contribution in [2.24, 2.45) is 0 Å². The quantitative estimate of drug-likeness (QED) is 0.705. The van der Waals surface area contributed by atoms with Gasteiger partial charge in [0.25, 0.3) is 0 Å². The summed E-state index contributed by atoms with van der Waals surface area (Å²) in [5, 5.41) is 0. The van der Waals surface area contributed by atoms with Crippen molar-refractivity contribution < 1.29 is 9.53 Å². The fraction of sp³-hybridized carbons (Fsp3) is 0.562. The van der Waals surface area contributed by atoms with Gasteiger partial charge in [0.1, 0.15) is 5.60 Å². The van der Waals surface area contributed by atoms with E-state index in [1.54, 1.807) is 4.90 Å². The Bertz CT molecular complexity index is 324. The number of hydrogen-bond donors (Lipinski definition) is 0. The highest BCUT2D eigenvalue weighted by molar-refractivity contribution is 5.68. The van der Waals surface area contributed by atoms with Gasteiger partial charge in [0, 0.05) is 13.1 Å². The lowest BCUT2D eigenvalue weighted by molar-refractivity contribution is 0.0216. The van der Waals surface area contributed by atoms with Crippen molar-refractivity contribution in [1.82, 2.24) is 4.90 Å². The third-order valence-corrected chi connectivity index (χ3v) is 2.67. The van der Waals surface area contributed by atoms with Crippen molar-refractivity contribution in [2.45, 2.75) is 45.6 Å². The van der Waals surface area contributed by atoms with Gasteiger partial charge in [-0.05, 0) is 40.0 Å². The second-order valence-electron chi connectivity index (χ2n) is 5.68. The van der Waals surface area contributed by atoms with Crippen molar-refractivity contribution in [1.29, 1.82) is 0 Å². The van der Waals surface area contributed by atoms with Crippen LogP contribution in [0.4, 0.5) is 4.79 Å². The van der Waals surface area contributed by atoms with E-state index < -0.39 is 0 Å². The van der Waals surface area contributed by atoms with Crippen LogP contribution in [0.15, 0.2) is 36.4 Å². The maximum atomic E-state index is 11.5. The molecule has 0 aromatic heterocycles. The lowest BCUT2D eigenvalue weighted by Crippen LogP contribution is -2.39. The molecule has 0 spiro atoms. The molecule has 0 bridgehead atoms. The van der Waals surface area contributed by atoms with Gasteiger partial charge in [-0.1, -0.05) is 36.4 Å². The van der Waals surface area contributed by atoms with Crippen molar-refractivity contribution >= 4 is 6.09 Å². The van der Waals surface area contributed by atoms with Crippen molar-refractivity contribution in [3.05, 3.63) is 36.4 Å². The van der Waals surface area contributed by atoms with E-state index in [0.717, 1.165) is 25.9 Å². The average molecular weight is 263 g/mol. The molecule has 2 rings (SSSR count). The number of piperidine rings is 1. The summed E-state index contributed by atoms with van der Waals surface area (Å²) in [6.45, 7) is 7.41. The van der Waals surface area contributed by atoms with Crippen molar-refractivity contribution in [3.8, 4) is 0 Å². The summed E-state index contributed by atoms with van der Waals surface area (Å²) < 4.78 is 5.26. The molecular formula is C16H25NO2. The van der Waals surface area contributed by atoms with E-state index in [0.29, 0.717) is 0 Å². The molecule has 0 aliphatic carbocycles. The van der Waals surface area contributed by atoms with Gasteiger partial charge >= 0.3 is 6.09 Å². The number of carbonyl (C=O) groups excluding carboxylic acids is 1. The van der Waals surface area contributed by atoms with Crippen LogP contribution in [-0.4, -0.2) is 29.7 Å². The number of amides is 1. The van der Waals surface area contributed by atoms with E-state index in [4.69, 9.17) is 4.74 Å². The zero-order valence-electron chi connectivity index (χ0n) is 12.3. The number of hydrogen-bond acceptors (Lipinski definition) is 2. The SMILES string of the molecule is CC(C)(C)OC(=O)N1CCCCC1.c1ccccc1. The third-order valence-electron chi connectivity index (χ3n) is 2.67. The molecule has 0 atom stereocenters. The maximum Gasteiger partial charge on any atom is 0.410 e. The number of ether oxygens (including phenoxy) is 1. The molecule has 106 valence electrons. The zero-order chi connectivity index (χ0) is 14.1. The maximum absolute atomic E-state index is 11.5. The number of benzene rings is 1. The van der Waals surface area contributed by atoms with E-state index in [1.165, 1.54) is 6.42 Å². The predicted molar refractivity (Wildman–Crippen MR) is 78.1 cm³/mol. The molecule has 3 nitrogen and oxygen atoms in total. The van der Waals surface area contributed by atoms with E-state index >= 15 is 0 Å². The minimum Gasteiger partial charge on any atom is -0.444 e. The lowest BCUT2D eigenvalue weighted by Gasteiger charge is -2.29. The van der Waals surface area contributed by atoms with Crippen LogP contribution in [0.25, 0.3) is 0 Å². The molecule has 1 amide bonds. The Hall–Kier alpha value is -1.51. The molecule has 1 fully saturated rings. The minimum atomic E-state index is -0.367. The highest BCUT2D eigenvalue weighted by atomic mass is 16.6. The Balaban J connectivity index is 0.000000250. The third kappa shape index (κ3) is 7.50. The average Bonchev–Trinajstić information content (AvgIpc) is 2.40. The second-order valence-corrected chi connectivity index (χ2v) is 5.68. The fourth-order valence-electron chi connectivity index (χ4n) is 1.79. The molecule has 0 N–H and O–H groups in total. The van der Waals surface area contributed by atoms with Gasteiger partial charge in [0.2, 0.25) is 0 Å². The Morgan fingerprint density at radius 2 is 1.32 bits per heavy atom. The molecule has 3 heteroatoms. The van der Waals surface area contributed by atoms with Crippen LogP contribution in [0, 0.1) is 0 Å². The fourth-order valence-corrected chi connectivity index (χ4v) is 1.79. The van der Waals surface area contributed by atoms with E-state index in [1.807, 2.05) is 57.2 Å². The van der Waals surface area contributed by atoms with E-state index in [9.17, 15) is 4.79 Å². The molecule has 1 aliphatic heterocycles. The molecule has 0 radical (unpaired) electrons. The highest BCUT2D eigenvalue weighted by Crippen LogP contribution is 2.14. The normalized spacial score (nSPS) is 15.2. The predicted octanol–water partition coefficient (Wildman–Crippen LogP) is 4.09. The number of carbonyl (C=O) groups is 1. The first-order chi connectivity index (χ1) is 8.99. The molecule has 1 aromatic rings. The van der Waals surface area contributed by atoms with E-state index in [2.05, 4.69) is 0 Å². The summed E-state index contributed by atoms with van der Waals surface area (Å²) in [6.07, 6.45) is 3.30. The number of rotatable bonds is 0. The topological polar surface area (TPSA) is 29.5 Å². The number of likely N-dealkylation sites (tertiary alicyclic amines) is 1. The summed E-state index contributed by atoms with van der Waals surface area (Å²) in [5.74, 6) is 0. The molecule has 1 aromatic carbocycles. The van der Waals surface area contributed by atoms with Crippen LogP contribution in [0.5, 0.6) is 0 Å². The summed E-state index contributed by atoms with van der Waals surface area (Å²) in [4.78, 5) is 13.3. The standard InChI is InChI=1S/C10H19NO2.C6H6/c1-10(2,3)13-9(12)11-7-5-4-6-8-11;1-2-4-6-5-3-1/h4-8H2,1-3H3;1-6H. The van der Waals surface area contributed by atoms with Gasteiger partial charge in [-0.3, -0.25) is 0 Å². The van der Waals surface area contributed by atoms with Crippen LogP contribution >= 0.6 is 0 Å². The number of nitrogens with zero attached hydrogens (tertiary/aromatic N) is 1.